The molecule has 0 spiro atoms. The molecule has 4 aromatic rings. The fourth-order valence-corrected chi connectivity index (χ4v) is 5.05. The molecule has 1 aliphatic heterocycles. The van der Waals surface area contributed by atoms with Gasteiger partial charge in [0, 0.05) is 32.2 Å². The zero-order chi connectivity index (χ0) is 26.7. The topological polar surface area (TPSA) is 101 Å². The van der Waals surface area contributed by atoms with Gasteiger partial charge in [-0.05, 0) is 42.3 Å². The third-order valence-corrected chi connectivity index (χ3v) is 7.94. The van der Waals surface area contributed by atoms with Gasteiger partial charge >= 0.3 is 0 Å². The van der Waals surface area contributed by atoms with Crippen molar-refractivity contribution in [1.82, 2.24) is 19.5 Å². The number of methoxy groups -OCH3 is 1. The lowest BCUT2D eigenvalue weighted by atomic mass is 10.1. The largest absolute Gasteiger partial charge is 0.495 e. The van der Waals surface area contributed by atoms with Crippen molar-refractivity contribution in [3.63, 3.8) is 0 Å². The highest BCUT2D eigenvalue weighted by Crippen LogP contribution is 2.33. The van der Waals surface area contributed by atoms with Crippen molar-refractivity contribution in [2.45, 2.75) is 6.42 Å². The number of aromatic nitrogens is 3. The number of fused-ring (bicyclic) bond motifs is 1. The number of hydrogen-bond donors (Lipinski definition) is 1. The first-order chi connectivity index (χ1) is 18.3. The van der Waals surface area contributed by atoms with Crippen LogP contribution in [0.3, 0.4) is 0 Å². The fourth-order valence-electron chi connectivity index (χ4n) is 4.53. The summed E-state index contributed by atoms with van der Waals surface area (Å²) < 4.78 is 38.6. The number of rotatable bonds is 9. The number of nitrogens with one attached hydrogen (secondary N) is 1. The van der Waals surface area contributed by atoms with Gasteiger partial charge in [-0.15, -0.1) is 5.10 Å². The molecule has 0 bridgehead atoms. The van der Waals surface area contributed by atoms with Crippen LogP contribution in [0.25, 0.3) is 16.8 Å². The van der Waals surface area contributed by atoms with Gasteiger partial charge in [0.25, 0.3) is 0 Å². The quantitative estimate of drug-likeness (QED) is 0.347. The first kappa shape index (κ1) is 26.0. The smallest absolute Gasteiger partial charge is 0.245 e. The van der Waals surface area contributed by atoms with Crippen molar-refractivity contribution in [1.29, 1.82) is 0 Å². The molecule has 0 amide bonds. The van der Waals surface area contributed by atoms with Gasteiger partial charge in [0.2, 0.25) is 16.0 Å². The van der Waals surface area contributed by atoms with Gasteiger partial charge in [0.1, 0.15) is 5.75 Å². The fraction of sp³-hybridized carbons (Fsp3) is 0.333. The van der Waals surface area contributed by atoms with Crippen LogP contribution < -0.4 is 14.4 Å². The van der Waals surface area contributed by atoms with Gasteiger partial charge in [-0.2, -0.15) is 0 Å². The second-order valence-corrected chi connectivity index (χ2v) is 11.3. The number of ether oxygens (including phenoxy) is 2. The summed E-state index contributed by atoms with van der Waals surface area (Å²) in [7, 11) is -0.244. The Bertz CT molecular complexity index is 1530. The Morgan fingerprint density at radius 3 is 2.66 bits per heavy atom. The SMILES string of the molecule is COc1cc(CCN2CCOCC2)ccc1Nc1ncc2ccc(-c3ccccc3N(C)S(C)(=O)=O)n2n1. The van der Waals surface area contributed by atoms with Gasteiger partial charge in [-0.1, -0.05) is 24.3 Å². The Hall–Kier alpha value is -3.67. The normalized spacial score (nSPS) is 14.5. The number of benzene rings is 2. The molecule has 200 valence electrons. The van der Waals surface area contributed by atoms with Crippen LogP contribution in [0.5, 0.6) is 5.75 Å². The maximum absolute atomic E-state index is 12.2. The van der Waals surface area contributed by atoms with E-state index in [9.17, 15) is 8.42 Å². The van der Waals surface area contributed by atoms with E-state index in [0.29, 0.717) is 17.4 Å². The second-order valence-electron chi connectivity index (χ2n) is 9.25. The van der Waals surface area contributed by atoms with Crippen LogP contribution in [0.4, 0.5) is 17.3 Å². The number of para-hydroxylation sites is 1. The molecule has 0 saturated carbocycles. The highest BCUT2D eigenvalue weighted by molar-refractivity contribution is 7.92. The highest BCUT2D eigenvalue weighted by atomic mass is 32.2. The number of morpholine rings is 1. The van der Waals surface area contributed by atoms with Crippen molar-refractivity contribution in [3.8, 4) is 17.0 Å². The Balaban J connectivity index is 1.40. The number of sulfonamides is 1. The van der Waals surface area contributed by atoms with E-state index < -0.39 is 10.0 Å². The van der Waals surface area contributed by atoms with Crippen molar-refractivity contribution in [2.24, 2.45) is 0 Å². The summed E-state index contributed by atoms with van der Waals surface area (Å²) in [5.74, 6) is 1.10. The minimum atomic E-state index is -3.44. The molecule has 0 atom stereocenters. The molecule has 0 aliphatic carbocycles. The molecular weight excluding hydrogens is 504 g/mol. The first-order valence-electron chi connectivity index (χ1n) is 12.5. The van der Waals surface area contributed by atoms with Crippen LogP contribution in [-0.2, 0) is 21.2 Å². The molecule has 2 aromatic heterocycles. The van der Waals surface area contributed by atoms with E-state index in [-0.39, 0.29) is 0 Å². The predicted molar refractivity (Wildman–Crippen MR) is 149 cm³/mol. The Kier molecular flexibility index (Phi) is 7.50. The molecule has 2 aromatic carbocycles. The minimum Gasteiger partial charge on any atom is -0.495 e. The Morgan fingerprint density at radius 2 is 1.89 bits per heavy atom. The maximum Gasteiger partial charge on any atom is 0.245 e. The summed E-state index contributed by atoms with van der Waals surface area (Å²) in [6.07, 6.45) is 3.84. The first-order valence-corrected chi connectivity index (χ1v) is 14.3. The lowest BCUT2D eigenvalue weighted by Gasteiger charge is -2.26. The number of anilines is 3. The van der Waals surface area contributed by atoms with E-state index in [1.54, 1.807) is 30.9 Å². The molecule has 3 heterocycles. The standard InChI is InChI=1S/C27H32N6O4S/c1-31(38(3,34)35)24-7-5-4-6-22(24)25-11-9-21-19-28-27(30-33(21)25)29-23-10-8-20(18-26(23)36-2)12-13-32-14-16-37-17-15-32/h4-11,18-19H,12-17H2,1-3H3,(H,29,30). The molecule has 1 N–H and O–H groups in total. The second kappa shape index (κ2) is 11.0. The molecule has 0 radical (unpaired) electrons. The summed E-state index contributed by atoms with van der Waals surface area (Å²) in [5.41, 5.74) is 4.79. The van der Waals surface area contributed by atoms with Crippen LogP contribution in [0, 0.1) is 0 Å². The lowest BCUT2D eigenvalue weighted by Crippen LogP contribution is -2.37. The zero-order valence-corrected chi connectivity index (χ0v) is 22.6. The molecule has 5 rings (SSSR count). The van der Waals surface area contributed by atoms with E-state index in [1.165, 1.54) is 16.1 Å². The minimum absolute atomic E-state index is 0.392. The average Bonchev–Trinajstić information content (AvgIpc) is 3.35. The van der Waals surface area contributed by atoms with Crippen molar-refractivity contribution < 1.29 is 17.9 Å². The monoisotopic (exact) mass is 536 g/mol. The molecule has 1 saturated heterocycles. The molecule has 0 unspecified atom stereocenters. The molecule has 11 heteroatoms. The Labute approximate surface area is 222 Å². The summed E-state index contributed by atoms with van der Waals surface area (Å²) in [6, 6.07) is 17.3. The van der Waals surface area contributed by atoms with Crippen LogP contribution in [0.15, 0.2) is 60.8 Å². The van der Waals surface area contributed by atoms with Crippen LogP contribution in [-0.4, -0.2) is 81.2 Å². The van der Waals surface area contributed by atoms with Gasteiger partial charge in [-0.3, -0.25) is 9.21 Å². The third kappa shape index (κ3) is 5.59. The Morgan fingerprint density at radius 1 is 1.11 bits per heavy atom. The van der Waals surface area contributed by atoms with Gasteiger partial charge in [0.05, 0.1) is 55.4 Å². The van der Waals surface area contributed by atoms with E-state index in [1.807, 2.05) is 42.5 Å². The van der Waals surface area contributed by atoms with Gasteiger partial charge in [-0.25, -0.2) is 17.9 Å². The van der Waals surface area contributed by atoms with Crippen LogP contribution in [0.2, 0.25) is 0 Å². The molecular formula is C27H32N6O4S. The highest BCUT2D eigenvalue weighted by Gasteiger charge is 2.19. The summed E-state index contributed by atoms with van der Waals surface area (Å²) in [6.45, 7) is 4.49. The summed E-state index contributed by atoms with van der Waals surface area (Å²) in [5, 5.41) is 7.99. The summed E-state index contributed by atoms with van der Waals surface area (Å²) >= 11 is 0. The maximum atomic E-state index is 12.2. The van der Waals surface area contributed by atoms with E-state index in [4.69, 9.17) is 14.6 Å². The van der Waals surface area contributed by atoms with Crippen molar-refractivity contribution in [3.05, 3.63) is 66.4 Å². The molecule has 10 nitrogen and oxygen atoms in total. The van der Waals surface area contributed by atoms with E-state index >= 15 is 0 Å². The number of nitrogens with zero attached hydrogens (tertiary/aromatic N) is 5. The van der Waals surface area contributed by atoms with E-state index in [0.717, 1.165) is 61.7 Å². The van der Waals surface area contributed by atoms with E-state index in [2.05, 4.69) is 21.3 Å². The van der Waals surface area contributed by atoms with Crippen LogP contribution in [0.1, 0.15) is 5.56 Å². The predicted octanol–water partition coefficient (Wildman–Crippen LogP) is 3.42. The third-order valence-electron chi connectivity index (χ3n) is 6.75. The number of hydrogen-bond acceptors (Lipinski definition) is 8. The average molecular weight is 537 g/mol. The van der Waals surface area contributed by atoms with Crippen molar-refractivity contribution in [2.75, 3.05) is 62.9 Å². The molecule has 1 aliphatic rings. The lowest BCUT2D eigenvalue weighted by molar-refractivity contribution is 0.0384. The van der Waals surface area contributed by atoms with Gasteiger partial charge < -0.3 is 14.8 Å². The zero-order valence-electron chi connectivity index (χ0n) is 21.8. The molecule has 1 fully saturated rings. The van der Waals surface area contributed by atoms with Crippen LogP contribution >= 0.6 is 0 Å². The van der Waals surface area contributed by atoms with Crippen molar-refractivity contribution >= 4 is 32.9 Å². The summed E-state index contributed by atoms with van der Waals surface area (Å²) in [4.78, 5) is 6.89. The molecule has 38 heavy (non-hydrogen) atoms. The van der Waals surface area contributed by atoms with Gasteiger partial charge in [0.15, 0.2) is 0 Å².